The highest BCUT2D eigenvalue weighted by atomic mass is 16.2. The van der Waals surface area contributed by atoms with Crippen LogP contribution in [-0.4, -0.2) is 11.7 Å². The van der Waals surface area contributed by atoms with Crippen LogP contribution >= 0.6 is 0 Å². The summed E-state index contributed by atoms with van der Waals surface area (Å²) < 4.78 is 0. The van der Waals surface area contributed by atoms with Crippen LogP contribution in [0.2, 0.25) is 0 Å². The Morgan fingerprint density at radius 2 is 1.87 bits per heavy atom. The number of benzene rings is 1. The molecule has 4 atom stereocenters. The Balaban J connectivity index is 1.47. The first-order valence-electron chi connectivity index (χ1n) is 8.51. The number of amides is 1. The maximum Gasteiger partial charge on any atom is 0.227 e. The SMILES string of the molecule is CC(=O)C1=C(NC(=O)[C@H]2C[C@H]2c2ccccc2)C[C@@H]2[C@H]1C2(C)C. The van der Waals surface area contributed by atoms with Gasteiger partial charge in [-0.15, -0.1) is 0 Å². The third-order valence-electron chi connectivity index (χ3n) is 6.12. The topological polar surface area (TPSA) is 46.2 Å². The predicted molar refractivity (Wildman–Crippen MR) is 88.5 cm³/mol. The highest BCUT2D eigenvalue weighted by molar-refractivity contribution is 5.97. The second kappa shape index (κ2) is 4.80. The van der Waals surface area contributed by atoms with Gasteiger partial charge in [0.05, 0.1) is 0 Å². The molecule has 1 aromatic rings. The molecule has 23 heavy (non-hydrogen) atoms. The van der Waals surface area contributed by atoms with Gasteiger partial charge in [-0.25, -0.2) is 0 Å². The number of fused-ring (bicyclic) bond motifs is 1. The van der Waals surface area contributed by atoms with Crippen molar-refractivity contribution in [1.82, 2.24) is 5.32 Å². The number of hydrogen-bond donors (Lipinski definition) is 1. The second-order valence-electron chi connectivity index (χ2n) is 7.91. The summed E-state index contributed by atoms with van der Waals surface area (Å²) in [5, 5.41) is 3.09. The van der Waals surface area contributed by atoms with E-state index in [9.17, 15) is 9.59 Å². The molecule has 1 amide bonds. The van der Waals surface area contributed by atoms with E-state index in [4.69, 9.17) is 0 Å². The average molecular weight is 309 g/mol. The number of rotatable bonds is 4. The van der Waals surface area contributed by atoms with Crippen molar-refractivity contribution in [2.24, 2.45) is 23.2 Å². The van der Waals surface area contributed by atoms with Crippen molar-refractivity contribution in [2.75, 3.05) is 0 Å². The maximum absolute atomic E-state index is 12.5. The largest absolute Gasteiger partial charge is 0.329 e. The monoisotopic (exact) mass is 309 g/mol. The van der Waals surface area contributed by atoms with E-state index in [2.05, 4.69) is 31.3 Å². The number of Topliss-reactive ketones (excluding diaryl/α,β-unsaturated/α-hetero) is 1. The normalized spacial score (nSPS) is 33.2. The number of allylic oxidation sites excluding steroid dienone is 2. The summed E-state index contributed by atoms with van der Waals surface area (Å²) in [6.45, 7) is 6.06. The maximum atomic E-state index is 12.5. The molecule has 0 bridgehead atoms. The number of carbonyl (C=O) groups is 2. The van der Waals surface area contributed by atoms with Crippen molar-refractivity contribution in [1.29, 1.82) is 0 Å². The molecule has 1 aromatic carbocycles. The lowest BCUT2D eigenvalue weighted by Crippen LogP contribution is -2.27. The Morgan fingerprint density at radius 3 is 2.52 bits per heavy atom. The van der Waals surface area contributed by atoms with Crippen LogP contribution in [0.4, 0.5) is 0 Å². The van der Waals surface area contributed by atoms with Crippen molar-refractivity contribution in [3.8, 4) is 0 Å². The number of carbonyl (C=O) groups excluding carboxylic acids is 2. The first-order chi connectivity index (χ1) is 10.9. The highest BCUT2D eigenvalue weighted by Crippen LogP contribution is 2.68. The summed E-state index contributed by atoms with van der Waals surface area (Å²) in [5.74, 6) is 1.48. The fourth-order valence-electron chi connectivity index (χ4n) is 4.56. The third-order valence-corrected chi connectivity index (χ3v) is 6.12. The third kappa shape index (κ3) is 2.25. The van der Waals surface area contributed by atoms with Gasteiger partial charge in [-0.05, 0) is 48.5 Å². The zero-order valence-electron chi connectivity index (χ0n) is 13.9. The number of ketones is 1. The van der Waals surface area contributed by atoms with E-state index in [1.165, 1.54) is 5.56 Å². The number of hydrogen-bond acceptors (Lipinski definition) is 2. The summed E-state index contributed by atoms with van der Waals surface area (Å²) in [6, 6.07) is 10.2. The van der Waals surface area contributed by atoms with E-state index >= 15 is 0 Å². The lowest BCUT2D eigenvalue weighted by atomic mass is 9.96. The van der Waals surface area contributed by atoms with Crippen LogP contribution in [0.3, 0.4) is 0 Å². The zero-order valence-corrected chi connectivity index (χ0v) is 13.9. The molecule has 0 unspecified atom stereocenters. The van der Waals surface area contributed by atoms with Crippen molar-refractivity contribution >= 4 is 11.7 Å². The minimum absolute atomic E-state index is 0.0584. The molecule has 2 saturated carbocycles. The van der Waals surface area contributed by atoms with Crippen LogP contribution in [0, 0.1) is 23.2 Å². The summed E-state index contributed by atoms with van der Waals surface area (Å²) in [7, 11) is 0. The Labute approximate surface area is 137 Å². The fourth-order valence-corrected chi connectivity index (χ4v) is 4.56. The summed E-state index contributed by atoms with van der Waals surface area (Å²) in [5.41, 5.74) is 3.24. The molecule has 0 aliphatic heterocycles. The van der Waals surface area contributed by atoms with Crippen LogP contribution in [0.25, 0.3) is 0 Å². The molecule has 120 valence electrons. The fraction of sp³-hybridized carbons (Fsp3) is 0.500. The Hall–Kier alpha value is -1.90. The Morgan fingerprint density at radius 1 is 1.17 bits per heavy atom. The Bertz CT molecular complexity index is 716. The highest BCUT2D eigenvalue weighted by Gasteiger charge is 2.64. The smallest absolute Gasteiger partial charge is 0.227 e. The van der Waals surface area contributed by atoms with Gasteiger partial charge in [0, 0.05) is 17.2 Å². The van der Waals surface area contributed by atoms with Crippen LogP contribution in [0.5, 0.6) is 0 Å². The van der Waals surface area contributed by atoms with Gasteiger partial charge in [0.25, 0.3) is 0 Å². The van der Waals surface area contributed by atoms with Crippen molar-refractivity contribution in [3.05, 3.63) is 47.2 Å². The minimum Gasteiger partial charge on any atom is -0.329 e. The van der Waals surface area contributed by atoms with E-state index in [0.29, 0.717) is 17.8 Å². The lowest BCUT2D eigenvalue weighted by Gasteiger charge is -2.15. The quantitative estimate of drug-likeness (QED) is 0.926. The first-order valence-corrected chi connectivity index (χ1v) is 8.51. The lowest BCUT2D eigenvalue weighted by molar-refractivity contribution is -0.121. The van der Waals surface area contributed by atoms with Gasteiger partial charge in [0.15, 0.2) is 5.78 Å². The summed E-state index contributed by atoms with van der Waals surface area (Å²) in [4.78, 5) is 24.6. The molecular weight excluding hydrogens is 286 g/mol. The van der Waals surface area contributed by atoms with Crippen LogP contribution < -0.4 is 5.32 Å². The molecule has 0 radical (unpaired) electrons. The number of nitrogens with one attached hydrogen (secondary N) is 1. The van der Waals surface area contributed by atoms with Crippen LogP contribution in [-0.2, 0) is 9.59 Å². The van der Waals surface area contributed by atoms with Gasteiger partial charge in [0.2, 0.25) is 5.91 Å². The van der Waals surface area contributed by atoms with Gasteiger partial charge in [-0.1, -0.05) is 44.2 Å². The Kier molecular flexibility index (Phi) is 3.06. The van der Waals surface area contributed by atoms with Gasteiger partial charge in [-0.2, -0.15) is 0 Å². The predicted octanol–water partition coefficient (Wildman–Crippen LogP) is 3.43. The molecule has 3 aliphatic carbocycles. The van der Waals surface area contributed by atoms with Gasteiger partial charge in [-0.3, -0.25) is 9.59 Å². The molecular formula is C20H23NO2. The molecule has 0 aromatic heterocycles. The van der Waals surface area contributed by atoms with E-state index in [0.717, 1.165) is 24.1 Å². The van der Waals surface area contributed by atoms with Crippen molar-refractivity contribution in [2.45, 2.75) is 39.5 Å². The summed E-state index contributed by atoms with van der Waals surface area (Å²) in [6.07, 6.45) is 1.76. The zero-order chi connectivity index (χ0) is 16.4. The van der Waals surface area contributed by atoms with Gasteiger partial charge in [0.1, 0.15) is 0 Å². The molecule has 3 heteroatoms. The van der Waals surface area contributed by atoms with Crippen LogP contribution in [0.1, 0.15) is 45.1 Å². The molecule has 3 aliphatic rings. The summed E-state index contributed by atoms with van der Waals surface area (Å²) >= 11 is 0. The molecule has 3 nitrogen and oxygen atoms in total. The average Bonchev–Trinajstić information content (AvgIpc) is 3.35. The van der Waals surface area contributed by atoms with Gasteiger partial charge >= 0.3 is 0 Å². The molecule has 4 rings (SSSR count). The molecule has 0 saturated heterocycles. The molecule has 0 spiro atoms. The molecule has 2 fully saturated rings. The van der Waals surface area contributed by atoms with E-state index < -0.39 is 0 Å². The standard InChI is InChI=1S/C20H23NO2/c1-11(22)17-16(10-15-18(17)20(15,2)3)21-19(23)14-9-13(14)12-7-5-4-6-8-12/h4-8,13-15,18H,9-10H2,1-3H3,(H,21,23)/t13-,14-,15+,18+/m0/s1. The van der Waals surface area contributed by atoms with Crippen LogP contribution in [0.15, 0.2) is 41.6 Å². The van der Waals surface area contributed by atoms with E-state index in [-0.39, 0.29) is 23.0 Å². The van der Waals surface area contributed by atoms with E-state index in [1.54, 1.807) is 6.92 Å². The van der Waals surface area contributed by atoms with Crippen molar-refractivity contribution in [3.63, 3.8) is 0 Å². The molecule has 1 N–H and O–H groups in total. The molecule has 0 heterocycles. The first kappa shape index (κ1) is 14.7. The van der Waals surface area contributed by atoms with Crippen molar-refractivity contribution < 1.29 is 9.59 Å². The minimum atomic E-state index is 0.0584. The van der Waals surface area contributed by atoms with Gasteiger partial charge < -0.3 is 5.32 Å². The van der Waals surface area contributed by atoms with E-state index in [1.807, 2.05) is 18.2 Å². The second-order valence-corrected chi connectivity index (χ2v) is 7.91.